The first-order chi connectivity index (χ1) is 13.1. The SMILES string of the molecule is O=C1CN(C/C=C/CCCN[S+]([O-])c2cccc(OCC3CC3)c2)C(=O)N1. The fourth-order valence-electron chi connectivity index (χ4n) is 2.60. The van der Waals surface area contributed by atoms with E-state index in [-0.39, 0.29) is 18.5 Å². The van der Waals surface area contributed by atoms with Crippen LogP contribution in [0.1, 0.15) is 25.7 Å². The lowest BCUT2D eigenvalue weighted by Gasteiger charge is -2.12. The first-order valence-corrected chi connectivity index (χ1v) is 10.4. The molecule has 1 saturated carbocycles. The number of carbonyl (C=O) groups excluding carboxylic acids is 2. The number of urea groups is 1. The van der Waals surface area contributed by atoms with Gasteiger partial charge in [-0.2, -0.15) is 0 Å². The zero-order chi connectivity index (χ0) is 19.1. The molecule has 1 saturated heterocycles. The fraction of sp³-hybridized carbons (Fsp3) is 0.474. The van der Waals surface area contributed by atoms with Gasteiger partial charge in [0.1, 0.15) is 12.3 Å². The van der Waals surface area contributed by atoms with Gasteiger partial charge in [0, 0.05) is 19.2 Å². The number of carbonyl (C=O) groups is 2. The van der Waals surface area contributed by atoms with Crippen LogP contribution in [-0.2, 0) is 16.2 Å². The van der Waals surface area contributed by atoms with Crippen molar-refractivity contribution in [3.63, 3.8) is 0 Å². The van der Waals surface area contributed by atoms with Crippen molar-refractivity contribution in [3.05, 3.63) is 36.4 Å². The summed E-state index contributed by atoms with van der Waals surface area (Å²) < 4.78 is 21.1. The van der Waals surface area contributed by atoms with Crippen molar-refractivity contribution in [1.82, 2.24) is 14.9 Å². The van der Waals surface area contributed by atoms with Gasteiger partial charge < -0.3 is 14.2 Å². The van der Waals surface area contributed by atoms with Crippen LogP contribution in [0.25, 0.3) is 0 Å². The summed E-state index contributed by atoms with van der Waals surface area (Å²) >= 11 is -1.26. The number of nitrogens with one attached hydrogen (secondary N) is 2. The van der Waals surface area contributed by atoms with E-state index >= 15 is 0 Å². The average Bonchev–Trinajstić information content (AvgIpc) is 3.43. The van der Waals surface area contributed by atoms with Gasteiger partial charge in [0.15, 0.2) is 4.90 Å². The standard InChI is InChI=1S/C19H25N3O4S/c23-18-13-22(19(24)21-18)11-4-2-1-3-10-20-27(25)17-7-5-6-16(12-17)26-14-15-8-9-15/h2,4-7,12,15,20H,1,3,8-11,13-14H2,(H,21,23,24)/b4-2+. The minimum atomic E-state index is -1.26. The fourth-order valence-corrected chi connectivity index (χ4v) is 3.52. The van der Waals surface area contributed by atoms with Crippen molar-refractivity contribution in [2.45, 2.75) is 30.6 Å². The van der Waals surface area contributed by atoms with Crippen molar-refractivity contribution >= 4 is 23.3 Å². The molecule has 1 heterocycles. The second-order valence-corrected chi connectivity index (χ2v) is 8.04. The molecule has 1 aromatic carbocycles. The Morgan fingerprint density at radius 1 is 1.33 bits per heavy atom. The molecule has 2 fully saturated rings. The third kappa shape index (κ3) is 6.57. The molecule has 3 rings (SSSR count). The van der Waals surface area contributed by atoms with E-state index in [2.05, 4.69) is 10.0 Å². The number of imide groups is 1. The van der Waals surface area contributed by atoms with Gasteiger partial charge in [0.25, 0.3) is 0 Å². The van der Waals surface area contributed by atoms with E-state index in [4.69, 9.17) is 4.74 Å². The van der Waals surface area contributed by atoms with Gasteiger partial charge in [-0.05, 0) is 43.7 Å². The highest BCUT2D eigenvalue weighted by atomic mass is 32.2. The van der Waals surface area contributed by atoms with E-state index in [0.717, 1.165) is 25.2 Å². The summed E-state index contributed by atoms with van der Waals surface area (Å²) in [6.07, 6.45) is 7.95. The Morgan fingerprint density at radius 3 is 2.93 bits per heavy atom. The highest BCUT2D eigenvalue weighted by Gasteiger charge is 2.25. The molecule has 0 bridgehead atoms. The minimum absolute atomic E-state index is 0.118. The smallest absolute Gasteiger partial charge is 0.324 e. The normalized spacial score (nSPS) is 18.2. The molecule has 0 radical (unpaired) electrons. The molecule has 1 atom stereocenters. The van der Waals surface area contributed by atoms with Crippen LogP contribution in [-0.4, -0.2) is 47.6 Å². The van der Waals surface area contributed by atoms with Crippen molar-refractivity contribution in [2.75, 3.05) is 26.2 Å². The Morgan fingerprint density at radius 2 is 2.19 bits per heavy atom. The molecule has 3 amide bonds. The van der Waals surface area contributed by atoms with E-state index < -0.39 is 11.4 Å². The Bertz CT molecular complexity index is 693. The summed E-state index contributed by atoms with van der Waals surface area (Å²) in [5.74, 6) is 1.19. The molecule has 2 N–H and O–H groups in total. The summed E-state index contributed by atoms with van der Waals surface area (Å²) in [4.78, 5) is 24.6. The van der Waals surface area contributed by atoms with Gasteiger partial charge in [-0.15, -0.1) is 4.72 Å². The van der Waals surface area contributed by atoms with E-state index in [9.17, 15) is 14.1 Å². The van der Waals surface area contributed by atoms with Gasteiger partial charge >= 0.3 is 6.03 Å². The molecule has 1 aromatic rings. The molecular weight excluding hydrogens is 366 g/mol. The Hall–Kier alpha value is -2.03. The minimum Gasteiger partial charge on any atom is -0.593 e. The highest BCUT2D eigenvalue weighted by Crippen LogP contribution is 2.29. The number of allylic oxidation sites excluding steroid dienone is 1. The molecule has 2 aliphatic rings. The summed E-state index contributed by atoms with van der Waals surface area (Å²) in [5, 5.41) is 2.24. The predicted octanol–water partition coefficient (Wildman–Crippen LogP) is 1.98. The molecule has 27 heavy (non-hydrogen) atoms. The maximum atomic E-state index is 12.3. The number of hydrogen-bond acceptors (Lipinski definition) is 5. The van der Waals surface area contributed by atoms with Gasteiger partial charge in [0.2, 0.25) is 5.91 Å². The first kappa shape index (κ1) is 19.7. The van der Waals surface area contributed by atoms with Crippen LogP contribution in [0.5, 0.6) is 5.75 Å². The summed E-state index contributed by atoms with van der Waals surface area (Å²) in [5.41, 5.74) is 0. The third-order valence-electron chi connectivity index (χ3n) is 4.34. The van der Waals surface area contributed by atoms with Crippen LogP contribution in [0.3, 0.4) is 0 Å². The van der Waals surface area contributed by atoms with Crippen LogP contribution in [0, 0.1) is 5.92 Å². The molecule has 0 aromatic heterocycles. The monoisotopic (exact) mass is 391 g/mol. The van der Waals surface area contributed by atoms with Gasteiger partial charge in [-0.25, -0.2) is 4.79 Å². The Kier molecular flexibility index (Phi) is 7.14. The lowest BCUT2D eigenvalue weighted by Crippen LogP contribution is -2.28. The topological polar surface area (TPSA) is 93.7 Å². The van der Waals surface area contributed by atoms with Crippen molar-refractivity contribution in [3.8, 4) is 5.75 Å². The number of unbranched alkanes of at least 4 members (excludes halogenated alkanes) is 1. The number of ether oxygens (including phenoxy) is 1. The van der Waals surface area contributed by atoms with Gasteiger partial charge in [-0.3, -0.25) is 10.1 Å². The van der Waals surface area contributed by atoms with Crippen LogP contribution in [0.2, 0.25) is 0 Å². The number of hydrogen-bond donors (Lipinski definition) is 2. The van der Waals surface area contributed by atoms with Crippen LogP contribution in [0.4, 0.5) is 4.79 Å². The lowest BCUT2D eigenvalue weighted by atomic mass is 10.3. The second-order valence-electron chi connectivity index (χ2n) is 6.74. The summed E-state index contributed by atoms with van der Waals surface area (Å²) in [7, 11) is 0. The zero-order valence-electron chi connectivity index (χ0n) is 15.2. The molecule has 1 aliphatic carbocycles. The predicted molar refractivity (Wildman–Crippen MR) is 103 cm³/mol. The molecular formula is C19H25N3O4S. The quantitative estimate of drug-likeness (QED) is 0.260. The molecule has 1 aliphatic heterocycles. The average molecular weight is 391 g/mol. The molecule has 7 nitrogen and oxygen atoms in total. The van der Waals surface area contributed by atoms with Gasteiger partial charge in [-0.1, -0.05) is 18.2 Å². The largest absolute Gasteiger partial charge is 0.593 e. The van der Waals surface area contributed by atoms with E-state index in [1.54, 1.807) is 0 Å². The molecule has 0 spiro atoms. The second kappa shape index (κ2) is 9.77. The molecule has 146 valence electrons. The van der Waals surface area contributed by atoms with E-state index in [1.165, 1.54) is 17.7 Å². The van der Waals surface area contributed by atoms with Crippen molar-refractivity contribution in [2.24, 2.45) is 5.92 Å². The van der Waals surface area contributed by atoms with Crippen LogP contribution >= 0.6 is 0 Å². The highest BCUT2D eigenvalue weighted by molar-refractivity contribution is 7.89. The number of nitrogens with zero attached hydrogens (tertiary/aromatic N) is 1. The first-order valence-electron chi connectivity index (χ1n) is 9.24. The van der Waals surface area contributed by atoms with Crippen molar-refractivity contribution < 1.29 is 18.9 Å². The maximum Gasteiger partial charge on any atom is 0.324 e. The Balaban J connectivity index is 1.30. The van der Waals surface area contributed by atoms with Crippen LogP contribution < -0.4 is 14.8 Å². The number of rotatable bonds is 11. The van der Waals surface area contributed by atoms with E-state index in [0.29, 0.717) is 23.9 Å². The third-order valence-corrected chi connectivity index (χ3v) is 5.49. The van der Waals surface area contributed by atoms with Crippen LogP contribution in [0.15, 0.2) is 41.3 Å². The maximum absolute atomic E-state index is 12.3. The molecule has 1 unspecified atom stereocenters. The number of amides is 3. The van der Waals surface area contributed by atoms with Gasteiger partial charge in [0.05, 0.1) is 18.0 Å². The lowest BCUT2D eigenvalue weighted by molar-refractivity contribution is -0.118. The Labute approximate surface area is 162 Å². The van der Waals surface area contributed by atoms with Crippen molar-refractivity contribution in [1.29, 1.82) is 0 Å². The van der Waals surface area contributed by atoms with E-state index in [1.807, 2.05) is 36.4 Å². The summed E-state index contributed by atoms with van der Waals surface area (Å²) in [6, 6.07) is 7.06. The summed E-state index contributed by atoms with van der Waals surface area (Å²) in [6.45, 7) is 1.90. The number of benzene rings is 1. The zero-order valence-corrected chi connectivity index (χ0v) is 16.0. The molecule has 8 heteroatoms.